The molecular formula is C19H28O. The molecule has 1 heteroatoms. The molecule has 0 fully saturated rings. The minimum Gasteiger partial charge on any atom is -0.508 e. The number of aryl methyl sites for hydroxylation is 2. The van der Waals surface area contributed by atoms with Gasteiger partial charge in [-0.05, 0) is 42.0 Å². The van der Waals surface area contributed by atoms with Crippen molar-refractivity contribution in [3.05, 3.63) is 66.3 Å². The fourth-order valence-corrected chi connectivity index (χ4v) is 1.67. The Morgan fingerprint density at radius 3 is 2.25 bits per heavy atom. The van der Waals surface area contributed by atoms with E-state index in [2.05, 4.69) is 40.9 Å². The van der Waals surface area contributed by atoms with Gasteiger partial charge in [-0.15, -0.1) is 0 Å². The van der Waals surface area contributed by atoms with E-state index in [1.807, 2.05) is 24.3 Å². The van der Waals surface area contributed by atoms with Crippen molar-refractivity contribution >= 4 is 0 Å². The van der Waals surface area contributed by atoms with Crippen molar-refractivity contribution in [2.75, 3.05) is 0 Å². The predicted octanol–water partition coefficient (Wildman–Crippen LogP) is 5.46. The van der Waals surface area contributed by atoms with E-state index >= 15 is 0 Å². The molecule has 1 aromatic carbocycles. The monoisotopic (exact) mass is 272 g/mol. The smallest absolute Gasteiger partial charge is 0.115 e. The molecular weight excluding hydrogens is 244 g/mol. The number of phenols is 1. The summed E-state index contributed by atoms with van der Waals surface area (Å²) in [6.07, 6.45) is 7.69. The molecule has 1 aromatic rings. The Balaban J connectivity index is 0.000000370. The van der Waals surface area contributed by atoms with Crippen molar-refractivity contribution in [2.45, 2.75) is 40.5 Å². The topological polar surface area (TPSA) is 20.2 Å². The third kappa shape index (κ3) is 6.98. The van der Waals surface area contributed by atoms with Crippen LogP contribution in [0.3, 0.4) is 0 Å². The number of aromatic hydroxyl groups is 1. The first-order chi connectivity index (χ1) is 9.46. The number of benzene rings is 1. The van der Waals surface area contributed by atoms with Crippen molar-refractivity contribution in [2.24, 2.45) is 5.92 Å². The Hall–Kier alpha value is -1.76. The zero-order chi connectivity index (χ0) is 15.5. The van der Waals surface area contributed by atoms with Gasteiger partial charge in [0, 0.05) is 0 Å². The second kappa shape index (κ2) is 10.1. The molecule has 0 aliphatic heterocycles. The standard InChI is InChI=1S/C10H14O.C9H14/c1-3-8-5-6-10(11)7-9(8)4-2;1-5-6-7-9(4)8(2)3/h5-7,11H,3-4H2,1-2H3;5-8H,1,4H2,2-3H3/b;7-6-. The first-order valence-electron chi connectivity index (χ1n) is 7.24. The summed E-state index contributed by atoms with van der Waals surface area (Å²) in [5.41, 5.74) is 3.74. The number of hydrogen-bond acceptors (Lipinski definition) is 1. The lowest BCUT2D eigenvalue weighted by Gasteiger charge is -2.04. The SMILES string of the molecule is C=C/C=C\C(=C)C(C)C.CCc1ccc(O)cc1CC. The maximum Gasteiger partial charge on any atom is 0.115 e. The molecule has 1 nitrogen and oxygen atoms in total. The number of hydrogen-bond donors (Lipinski definition) is 1. The van der Waals surface area contributed by atoms with Gasteiger partial charge >= 0.3 is 0 Å². The van der Waals surface area contributed by atoms with Crippen LogP contribution in [0.2, 0.25) is 0 Å². The molecule has 0 saturated carbocycles. The van der Waals surface area contributed by atoms with E-state index in [0.29, 0.717) is 11.7 Å². The molecule has 0 spiro atoms. The van der Waals surface area contributed by atoms with Crippen LogP contribution in [0.15, 0.2) is 55.2 Å². The summed E-state index contributed by atoms with van der Waals surface area (Å²) in [7, 11) is 0. The summed E-state index contributed by atoms with van der Waals surface area (Å²) in [6, 6.07) is 5.59. The number of rotatable bonds is 5. The lowest BCUT2D eigenvalue weighted by Crippen LogP contribution is -1.89. The molecule has 1 rings (SSSR count). The van der Waals surface area contributed by atoms with E-state index in [9.17, 15) is 0 Å². The molecule has 0 radical (unpaired) electrons. The van der Waals surface area contributed by atoms with E-state index < -0.39 is 0 Å². The van der Waals surface area contributed by atoms with Crippen molar-refractivity contribution in [1.29, 1.82) is 0 Å². The Morgan fingerprint density at radius 1 is 1.20 bits per heavy atom. The van der Waals surface area contributed by atoms with Crippen LogP contribution >= 0.6 is 0 Å². The summed E-state index contributed by atoms with van der Waals surface area (Å²) in [4.78, 5) is 0. The molecule has 0 saturated heterocycles. The summed E-state index contributed by atoms with van der Waals surface area (Å²) in [6.45, 7) is 15.9. The number of allylic oxidation sites excluding steroid dienone is 4. The third-order valence-corrected chi connectivity index (χ3v) is 3.14. The van der Waals surface area contributed by atoms with Gasteiger partial charge in [0.15, 0.2) is 0 Å². The van der Waals surface area contributed by atoms with E-state index in [1.54, 1.807) is 12.1 Å². The Bertz CT molecular complexity index is 453. The zero-order valence-electron chi connectivity index (χ0n) is 13.3. The largest absolute Gasteiger partial charge is 0.508 e. The average molecular weight is 272 g/mol. The van der Waals surface area contributed by atoms with Crippen LogP contribution in [-0.2, 0) is 12.8 Å². The minimum absolute atomic E-state index is 0.374. The van der Waals surface area contributed by atoms with Gasteiger partial charge in [-0.1, -0.05) is 70.7 Å². The molecule has 20 heavy (non-hydrogen) atoms. The summed E-state index contributed by atoms with van der Waals surface area (Å²) in [5, 5.41) is 9.16. The van der Waals surface area contributed by atoms with Gasteiger partial charge < -0.3 is 5.11 Å². The lowest BCUT2D eigenvalue weighted by atomic mass is 10.0. The highest BCUT2D eigenvalue weighted by Crippen LogP contribution is 2.17. The lowest BCUT2D eigenvalue weighted by molar-refractivity contribution is 0.474. The summed E-state index contributed by atoms with van der Waals surface area (Å²) >= 11 is 0. The van der Waals surface area contributed by atoms with Crippen molar-refractivity contribution in [3.8, 4) is 5.75 Å². The summed E-state index contributed by atoms with van der Waals surface area (Å²) in [5.74, 6) is 0.917. The van der Waals surface area contributed by atoms with Gasteiger partial charge in [0.05, 0.1) is 0 Å². The van der Waals surface area contributed by atoms with E-state index in [1.165, 1.54) is 11.1 Å². The predicted molar refractivity (Wildman–Crippen MR) is 90.2 cm³/mol. The van der Waals surface area contributed by atoms with Crippen LogP contribution in [0.1, 0.15) is 38.8 Å². The van der Waals surface area contributed by atoms with Crippen LogP contribution < -0.4 is 0 Å². The van der Waals surface area contributed by atoms with Crippen molar-refractivity contribution < 1.29 is 5.11 Å². The molecule has 0 heterocycles. The van der Waals surface area contributed by atoms with Gasteiger partial charge in [-0.25, -0.2) is 0 Å². The fraction of sp³-hybridized carbons (Fsp3) is 0.368. The van der Waals surface area contributed by atoms with Gasteiger partial charge in [0.1, 0.15) is 5.75 Å². The normalized spacial score (nSPS) is 10.2. The summed E-state index contributed by atoms with van der Waals surface area (Å²) < 4.78 is 0. The maximum absolute atomic E-state index is 9.16. The van der Waals surface area contributed by atoms with Gasteiger partial charge in [-0.2, -0.15) is 0 Å². The van der Waals surface area contributed by atoms with Gasteiger partial charge in [0.25, 0.3) is 0 Å². The molecule has 0 bridgehead atoms. The first kappa shape index (κ1) is 18.2. The second-order valence-corrected chi connectivity index (χ2v) is 4.98. The van der Waals surface area contributed by atoms with Gasteiger partial charge in [0.2, 0.25) is 0 Å². The third-order valence-electron chi connectivity index (χ3n) is 3.14. The zero-order valence-corrected chi connectivity index (χ0v) is 13.3. The Labute approximate surface area is 124 Å². The van der Waals surface area contributed by atoms with Crippen molar-refractivity contribution in [3.63, 3.8) is 0 Å². The fourth-order valence-electron chi connectivity index (χ4n) is 1.67. The van der Waals surface area contributed by atoms with Crippen molar-refractivity contribution in [1.82, 2.24) is 0 Å². The first-order valence-corrected chi connectivity index (χ1v) is 7.24. The van der Waals surface area contributed by atoms with E-state index in [0.717, 1.165) is 18.4 Å². The quantitative estimate of drug-likeness (QED) is 0.706. The molecule has 0 aliphatic rings. The maximum atomic E-state index is 9.16. The van der Waals surface area contributed by atoms with Gasteiger partial charge in [-0.3, -0.25) is 0 Å². The van der Waals surface area contributed by atoms with Crippen LogP contribution in [-0.4, -0.2) is 5.11 Å². The highest BCUT2D eigenvalue weighted by atomic mass is 16.3. The minimum atomic E-state index is 0.374. The molecule has 1 N–H and O–H groups in total. The van der Waals surface area contributed by atoms with Crippen LogP contribution in [0.25, 0.3) is 0 Å². The molecule has 0 aromatic heterocycles. The van der Waals surface area contributed by atoms with Crippen LogP contribution in [0, 0.1) is 5.92 Å². The average Bonchev–Trinajstić information content (AvgIpc) is 2.45. The molecule has 0 unspecified atom stereocenters. The molecule has 0 aliphatic carbocycles. The van der Waals surface area contributed by atoms with E-state index in [-0.39, 0.29) is 0 Å². The highest BCUT2D eigenvalue weighted by molar-refractivity contribution is 5.34. The van der Waals surface area contributed by atoms with Crippen LogP contribution in [0.4, 0.5) is 0 Å². The highest BCUT2D eigenvalue weighted by Gasteiger charge is 1.98. The second-order valence-electron chi connectivity index (χ2n) is 4.98. The molecule has 0 atom stereocenters. The molecule has 0 amide bonds. The molecule has 110 valence electrons. The van der Waals surface area contributed by atoms with E-state index in [4.69, 9.17) is 5.11 Å². The Morgan fingerprint density at radius 2 is 1.80 bits per heavy atom. The number of phenolic OH excluding ortho intramolecular Hbond substituents is 1. The Kier molecular flexibility index (Phi) is 9.19. The van der Waals surface area contributed by atoms with Crippen LogP contribution in [0.5, 0.6) is 5.75 Å².